The Labute approximate surface area is 252 Å². The zero-order valence-corrected chi connectivity index (χ0v) is 24.5. The van der Waals surface area contributed by atoms with Crippen molar-refractivity contribution in [2.24, 2.45) is 13.0 Å². The summed E-state index contributed by atoms with van der Waals surface area (Å²) < 4.78 is 51.5. The quantitative estimate of drug-likeness (QED) is 0.268. The maximum atomic E-state index is 16.5. The van der Waals surface area contributed by atoms with Gasteiger partial charge in [-0.25, -0.2) is 8.78 Å². The van der Waals surface area contributed by atoms with Crippen molar-refractivity contribution >= 4 is 11.6 Å². The number of benzene rings is 3. The first-order chi connectivity index (χ1) is 20.8. The minimum Gasteiger partial charge on any atom is -0.483 e. The van der Waals surface area contributed by atoms with E-state index in [-0.39, 0.29) is 46.2 Å². The van der Waals surface area contributed by atoms with Gasteiger partial charge in [-0.2, -0.15) is 10.4 Å². The molecule has 1 fully saturated rings. The number of nitrogens with zero attached hydrogens (tertiary/aromatic N) is 3. The number of rotatable bonds is 7. The summed E-state index contributed by atoms with van der Waals surface area (Å²) in [5, 5.41) is 17.9. The smallest absolute Gasteiger partial charge is 0.174 e. The summed E-state index contributed by atoms with van der Waals surface area (Å²) in [6.07, 6.45) is 4.33. The number of nitrogens with one attached hydrogen (secondary N) is 1. The molecule has 1 atom stereocenters. The average Bonchev–Trinajstić information content (AvgIpc) is 3.56. The van der Waals surface area contributed by atoms with Gasteiger partial charge in [0.05, 0.1) is 22.8 Å². The molecule has 0 spiro atoms. The van der Waals surface area contributed by atoms with E-state index < -0.39 is 17.2 Å². The molecule has 3 aromatic carbocycles. The minimum absolute atomic E-state index is 0.0132. The van der Waals surface area contributed by atoms with Gasteiger partial charge in [-0.1, -0.05) is 41.9 Å². The molecule has 1 N–H and O–H groups in total. The molecular formula is C33H29ClF2N4O3. The molecule has 0 bridgehead atoms. The highest BCUT2D eigenvalue weighted by Crippen LogP contribution is 2.52. The molecule has 1 aliphatic carbocycles. The van der Waals surface area contributed by atoms with Crippen molar-refractivity contribution in [2.75, 3.05) is 20.2 Å². The molecule has 0 amide bonds. The lowest BCUT2D eigenvalue weighted by molar-refractivity contribution is -0.000614. The third-order valence-corrected chi connectivity index (χ3v) is 9.23. The fourth-order valence-electron chi connectivity index (χ4n) is 6.63. The molecule has 43 heavy (non-hydrogen) atoms. The summed E-state index contributed by atoms with van der Waals surface area (Å²) in [5.41, 5.74) is 2.28. The second-order valence-electron chi connectivity index (χ2n) is 11.5. The monoisotopic (exact) mass is 602 g/mol. The maximum Gasteiger partial charge on any atom is 0.174 e. The van der Waals surface area contributed by atoms with Crippen molar-refractivity contribution < 1.29 is 23.0 Å². The molecule has 4 aromatic rings. The van der Waals surface area contributed by atoms with Crippen LogP contribution in [0.15, 0.2) is 48.7 Å². The van der Waals surface area contributed by atoms with Gasteiger partial charge >= 0.3 is 0 Å². The summed E-state index contributed by atoms with van der Waals surface area (Å²) in [7, 11) is 3.50. The van der Waals surface area contributed by atoms with E-state index in [4.69, 9.17) is 25.8 Å². The number of ether oxygens (including phenoxy) is 3. The van der Waals surface area contributed by atoms with Crippen LogP contribution in [0.2, 0.25) is 5.02 Å². The van der Waals surface area contributed by atoms with E-state index >= 15 is 8.78 Å². The zero-order valence-electron chi connectivity index (χ0n) is 23.7. The van der Waals surface area contributed by atoms with Gasteiger partial charge in [0.1, 0.15) is 23.9 Å². The van der Waals surface area contributed by atoms with E-state index in [2.05, 4.69) is 16.5 Å². The summed E-state index contributed by atoms with van der Waals surface area (Å²) in [6.45, 7) is 1.28. The van der Waals surface area contributed by atoms with Crippen molar-refractivity contribution in [3.05, 3.63) is 87.7 Å². The zero-order chi connectivity index (χ0) is 29.9. The SMILES string of the molecule is COC1CC(CNC[C@@]2(c3ccccc3)Cc3c(cc(F)c(Cl)c3-c3c(C#N)cc4c(c3F)OCc3nn(C)cc3-4)O2)C1. The fraction of sp³-hybridized carbons (Fsp3) is 0.333. The first kappa shape index (κ1) is 27.8. The van der Waals surface area contributed by atoms with Crippen LogP contribution in [0.1, 0.15) is 35.2 Å². The Kier molecular flexibility index (Phi) is 6.88. The number of aryl methyl sites for hydroxylation is 1. The lowest BCUT2D eigenvalue weighted by Crippen LogP contribution is -2.45. The van der Waals surface area contributed by atoms with Gasteiger partial charge in [-0.3, -0.25) is 4.68 Å². The molecule has 220 valence electrons. The second kappa shape index (κ2) is 10.6. The number of halogens is 3. The highest BCUT2D eigenvalue weighted by molar-refractivity contribution is 6.34. The first-order valence-electron chi connectivity index (χ1n) is 14.2. The van der Waals surface area contributed by atoms with Crippen molar-refractivity contribution in [2.45, 2.75) is 37.6 Å². The Balaban J connectivity index is 1.32. The number of aromatic nitrogens is 2. The van der Waals surface area contributed by atoms with Crippen LogP contribution in [0.3, 0.4) is 0 Å². The van der Waals surface area contributed by atoms with Crippen LogP contribution in [0.4, 0.5) is 8.78 Å². The number of hydrogen-bond donors (Lipinski definition) is 1. The van der Waals surface area contributed by atoms with E-state index in [0.717, 1.165) is 24.9 Å². The van der Waals surface area contributed by atoms with Gasteiger partial charge in [0.15, 0.2) is 17.2 Å². The van der Waals surface area contributed by atoms with Crippen LogP contribution >= 0.6 is 11.6 Å². The molecule has 10 heteroatoms. The molecule has 1 aromatic heterocycles. The summed E-state index contributed by atoms with van der Waals surface area (Å²) in [4.78, 5) is 0. The van der Waals surface area contributed by atoms with E-state index in [9.17, 15) is 5.26 Å². The summed E-state index contributed by atoms with van der Waals surface area (Å²) in [5.74, 6) is -0.794. The average molecular weight is 603 g/mol. The fourth-order valence-corrected chi connectivity index (χ4v) is 6.89. The predicted molar refractivity (Wildman–Crippen MR) is 157 cm³/mol. The van der Waals surface area contributed by atoms with Gasteiger partial charge in [0.25, 0.3) is 0 Å². The Morgan fingerprint density at radius 3 is 2.72 bits per heavy atom. The normalized spacial score (nSPS) is 21.6. The molecule has 7 nitrogen and oxygen atoms in total. The van der Waals surface area contributed by atoms with Crippen molar-refractivity contribution in [1.82, 2.24) is 15.1 Å². The third-order valence-electron chi connectivity index (χ3n) is 8.86. The van der Waals surface area contributed by atoms with Crippen LogP contribution in [0.5, 0.6) is 11.5 Å². The van der Waals surface area contributed by atoms with Gasteiger partial charge in [-0.15, -0.1) is 0 Å². The largest absolute Gasteiger partial charge is 0.483 e. The van der Waals surface area contributed by atoms with E-state index in [0.29, 0.717) is 41.0 Å². The second-order valence-corrected chi connectivity index (χ2v) is 11.9. The Bertz CT molecular complexity index is 1780. The first-order valence-corrected chi connectivity index (χ1v) is 14.6. The highest BCUT2D eigenvalue weighted by Gasteiger charge is 2.44. The molecule has 2 aliphatic heterocycles. The number of nitriles is 1. The predicted octanol–water partition coefficient (Wildman–Crippen LogP) is 6.29. The number of fused-ring (bicyclic) bond motifs is 4. The van der Waals surface area contributed by atoms with Gasteiger partial charge < -0.3 is 19.5 Å². The highest BCUT2D eigenvalue weighted by atomic mass is 35.5. The lowest BCUT2D eigenvalue weighted by atomic mass is 9.81. The van der Waals surface area contributed by atoms with Crippen molar-refractivity contribution in [3.8, 4) is 39.8 Å². The van der Waals surface area contributed by atoms with Crippen LogP contribution in [-0.2, 0) is 30.4 Å². The van der Waals surface area contributed by atoms with E-state index in [1.165, 1.54) is 6.07 Å². The standard InChI is InChI=1S/C33H29ClF2N4O3/c1-40-15-24-22-10-19(13-37)28(31(36)32(22)42-16-26(24)39-40)29-23-12-33(20-6-4-3-5-7-20,43-27(23)11-25(35)30(29)34)17-38-14-18-8-21(9-18)41-2/h3-7,10-11,15,18,21,38H,8-9,12,14,16-17H2,1-2H3/t18?,21?,33-/m1/s1. The molecular weight excluding hydrogens is 574 g/mol. The van der Waals surface area contributed by atoms with Gasteiger partial charge in [0.2, 0.25) is 0 Å². The maximum absolute atomic E-state index is 16.5. The van der Waals surface area contributed by atoms with E-state index in [1.54, 1.807) is 31.1 Å². The van der Waals surface area contributed by atoms with Crippen LogP contribution in [0.25, 0.3) is 22.3 Å². The Morgan fingerprint density at radius 1 is 1.19 bits per heavy atom. The number of methoxy groups -OCH3 is 1. The molecule has 0 saturated heterocycles. The molecule has 3 aliphatic rings. The van der Waals surface area contributed by atoms with Gasteiger partial charge in [0, 0.05) is 67.2 Å². The Hall–Kier alpha value is -3.97. The number of hydrogen-bond acceptors (Lipinski definition) is 6. The molecule has 0 radical (unpaired) electrons. The minimum atomic E-state index is -0.904. The van der Waals surface area contributed by atoms with Gasteiger partial charge in [-0.05, 0) is 36.9 Å². The van der Waals surface area contributed by atoms with Crippen LogP contribution < -0.4 is 14.8 Å². The van der Waals surface area contributed by atoms with Crippen LogP contribution in [0, 0.1) is 28.9 Å². The molecule has 3 heterocycles. The summed E-state index contributed by atoms with van der Waals surface area (Å²) >= 11 is 6.63. The molecule has 7 rings (SSSR count). The summed E-state index contributed by atoms with van der Waals surface area (Å²) in [6, 6.07) is 14.6. The molecule has 0 unspecified atom stereocenters. The Morgan fingerprint density at radius 2 is 1.98 bits per heavy atom. The van der Waals surface area contributed by atoms with Crippen LogP contribution in [-0.4, -0.2) is 36.1 Å². The topological polar surface area (TPSA) is 81.3 Å². The van der Waals surface area contributed by atoms with Crippen molar-refractivity contribution in [1.29, 1.82) is 5.26 Å². The van der Waals surface area contributed by atoms with Crippen molar-refractivity contribution in [3.63, 3.8) is 0 Å². The third kappa shape index (κ3) is 4.56. The molecule has 1 saturated carbocycles. The lowest BCUT2D eigenvalue weighted by Gasteiger charge is -2.36. The van der Waals surface area contributed by atoms with E-state index in [1.807, 2.05) is 30.3 Å².